The first-order chi connectivity index (χ1) is 30.3. The predicted molar refractivity (Wildman–Crippen MR) is 235 cm³/mol. The molecule has 0 saturated carbocycles. The summed E-state index contributed by atoms with van der Waals surface area (Å²) in [5.74, 6) is -0.644. The average Bonchev–Trinajstić information content (AvgIpc) is 4.16. The van der Waals surface area contributed by atoms with E-state index in [9.17, 15) is 19.2 Å². The van der Waals surface area contributed by atoms with Crippen molar-refractivity contribution in [3.8, 4) is 22.4 Å². The van der Waals surface area contributed by atoms with E-state index in [1.165, 1.54) is 14.2 Å². The van der Waals surface area contributed by atoms with E-state index in [0.717, 1.165) is 81.5 Å². The molecular weight excluding hydrogens is 783 g/mol. The largest absolute Gasteiger partial charge is 0.469 e. The summed E-state index contributed by atoms with van der Waals surface area (Å²) in [6.45, 7) is 1.18. The first-order valence-corrected chi connectivity index (χ1v) is 21.1. The van der Waals surface area contributed by atoms with Crippen LogP contribution in [-0.4, -0.2) is 87.7 Å². The van der Waals surface area contributed by atoms with Crippen molar-refractivity contribution in [3.63, 3.8) is 0 Å². The van der Waals surface area contributed by atoms with Gasteiger partial charge >= 0.3 is 12.1 Å². The van der Waals surface area contributed by atoms with Gasteiger partial charge in [0.05, 0.1) is 49.7 Å². The lowest BCUT2D eigenvalue weighted by Crippen LogP contribution is -2.43. The Morgan fingerprint density at radius 2 is 1.42 bits per heavy atom. The van der Waals surface area contributed by atoms with Gasteiger partial charge < -0.3 is 29.6 Å². The summed E-state index contributed by atoms with van der Waals surface area (Å²) in [5, 5.41) is 2.73. The predicted octanol–water partition coefficient (Wildman–Crippen LogP) is 8.02. The van der Waals surface area contributed by atoms with Crippen LogP contribution in [-0.2, 0) is 30.3 Å². The van der Waals surface area contributed by atoms with Crippen molar-refractivity contribution in [3.05, 3.63) is 138 Å². The van der Waals surface area contributed by atoms with Crippen LogP contribution in [0.25, 0.3) is 33.4 Å². The number of pyridine rings is 2. The number of amides is 3. The zero-order chi connectivity index (χ0) is 42.7. The van der Waals surface area contributed by atoms with E-state index in [1.807, 2.05) is 88.9 Å². The number of nitrogens with one attached hydrogen (secondary N) is 2. The van der Waals surface area contributed by atoms with Gasteiger partial charge in [0, 0.05) is 54.4 Å². The van der Waals surface area contributed by atoms with E-state index >= 15 is 0 Å². The molecule has 0 aliphatic carbocycles. The van der Waals surface area contributed by atoms with Crippen LogP contribution in [0, 0.1) is 0 Å². The Labute approximate surface area is 359 Å². The summed E-state index contributed by atoms with van der Waals surface area (Å²) in [6, 6.07) is 32.0. The van der Waals surface area contributed by atoms with Gasteiger partial charge in [-0.15, -0.1) is 0 Å². The SMILES string of the molecule is COC(=O)C[C@@H](C(=O)N1CCC[C@H]1C1=Nc2ncc(-c3ccc(-c4cc5ncc(C6CCCN6C(=O)[C@H](NC(=O)OC)c6ccccc6)cc5[nH]4)cc3)cc2C1)c1ccccc1. The molecule has 0 bridgehead atoms. The second kappa shape index (κ2) is 17.4. The van der Waals surface area contributed by atoms with Crippen molar-refractivity contribution in [2.45, 2.75) is 62.6 Å². The van der Waals surface area contributed by atoms with Gasteiger partial charge in [-0.05, 0) is 71.7 Å². The Kier molecular flexibility index (Phi) is 11.3. The number of methoxy groups -OCH3 is 2. The number of aliphatic imine (C=N–C) groups is 1. The van der Waals surface area contributed by atoms with Crippen LogP contribution in [0.5, 0.6) is 0 Å². The molecule has 3 aliphatic rings. The average molecular weight is 830 g/mol. The lowest BCUT2D eigenvalue weighted by molar-refractivity contribution is -0.144. The molecule has 13 nitrogen and oxygen atoms in total. The van der Waals surface area contributed by atoms with Crippen molar-refractivity contribution in [1.82, 2.24) is 30.1 Å². The van der Waals surface area contributed by atoms with Gasteiger partial charge in [0.1, 0.15) is 6.04 Å². The quantitative estimate of drug-likeness (QED) is 0.124. The number of benzene rings is 3. The minimum atomic E-state index is -0.876. The molecule has 6 aromatic rings. The molecule has 62 heavy (non-hydrogen) atoms. The smallest absolute Gasteiger partial charge is 0.407 e. The first kappa shape index (κ1) is 40.3. The summed E-state index contributed by atoms with van der Waals surface area (Å²) in [4.78, 5) is 74.5. The van der Waals surface area contributed by atoms with Gasteiger partial charge in [0.15, 0.2) is 5.82 Å². The summed E-state index contributed by atoms with van der Waals surface area (Å²) in [6.07, 6.45) is 6.89. The molecule has 9 rings (SSSR count). The zero-order valence-corrected chi connectivity index (χ0v) is 34.6. The van der Waals surface area contributed by atoms with Gasteiger partial charge in [-0.25, -0.2) is 14.8 Å². The number of H-pyrrole nitrogens is 1. The maximum atomic E-state index is 14.1. The Hall–Kier alpha value is -7.15. The third kappa shape index (κ3) is 8.05. The van der Waals surface area contributed by atoms with Crippen molar-refractivity contribution in [2.75, 3.05) is 27.3 Å². The third-order valence-electron chi connectivity index (χ3n) is 12.4. The van der Waals surface area contributed by atoms with Crippen molar-refractivity contribution >= 4 is 46.4 Å². The fourth-order valence-corrected chi connectivity index (χ4v) is 9.17. The molecule has 314 valence electrons. The normalized spacial score (nSPS) is 17.9. The highest BCUT2D eigenvalue weighted by atomic mass is 16.5. The molecule has 3 aliphatic heterocycles. The molecule has 3 aromatic carbocycles. The van der Waals surface area contributed by atoms with Gasteiger partial charge in [0.2, 0.25) is 11.8 Å². The van der Waals surface area contributed by atoms with Gasteiger partial charge in [-0.2, -0.15) is 0 Å². The minimum absolute atomic E-state index is 0.0180. The van der Waals surface area contributed by atoms with Crippen LogP contribution in [0.2, 0.25) is 0 Å². The second-order valence-electron chi connectivity index (χ2n) is 16.1. The van der Waals surface area contributed by atoms with E-state index in [4.69, 9.17) is 24.4 Å². The molecule has 2 fully saturated rings. The minimum Gasteiger partial charge on any atom is -0.469 e. The third-order valence-corrected chi connectivity index (χ3v) is 12.4. The topological polar surface area (TPSA) is 159 Å². The number of alkyl carbamates (subject to hydrolysis) is 1. The number of aromatic nitrogens is 3. The van der Waals surface area contributed by atoms with Crippen LogP contribution >= 0.6 is 0 Å². The van der Waals surface area contributed by atoms with Crippen LogP contribution in [0.15, 0.2) is 121 Å². The highest BCUT2D eigenvalue weighted by molar-refractivity contribution is 6.01. The van der Waals surface area contributed by atoms with Gasteiger partial charge in [0.25, 0.3) is 0 Å². The molecule has 2 saturated heterocycles. The Balaban J connectivity index is 0.883. The van der Waals surface area contributed by atoms with E-state index in [2.05, 4.69) is 46.7 Å². The summed E-state index contributed by atoms with van der Waals surface area (Å²) >= 11 is 0. The fraction of sp³-hybridized carbons (Fsp3) is 0.286. The second-order valence-corrected chi connectivity index (χ2v) is 16.1. The van der Waals surface area contributed by atoms with E-state index < -0.39 is 24.0 Å². The number of aromatic amines is 1. The molecule has 4 atom stereocenters. The van der Waals surface area contributed by atoms with Crippen LogP contribution in [0.1, 0.15) is 72.4 Å². The first-order valence-electron chi connectivity index (χ1n) is 21.1. The molecule has 1 unspecified atom stereocenters. The molecule has 6 heterocycles. The van der Waals surface area contributed by atoms with Gasteiger partial charge in [-0.3, -0.25) is 19.4 Å². The zero-order valence-electron chi connectivity index (χ0n) is 34.6. The van der Waals surface area contributed by atoms with Crippen molar-refractivity contribution < 1.29 is 28.7 Å². The molecule has 0 spiro atoms. The summed E-state index contributed by atoms with van der Waals surface area (Å²) < 4.78 is 9.81. The van der Waals surface area contributed by atoms with Crippen LogP contribution in [0.4, 0.5) is 10.6 Å². The number of hydrogen-bond donors (Lipinski definition) is 2. The van der Waals surface area contributed by atoms with E-state index in [0.29, 0.717) is 30.9 Å². The van der Waals surface area contributed by atoms with Crippen molar-refractivity contribution in [1.29, 1.82) is 0 Å². The summed E-state index contributed by atoms with van der Waals surface area (Å²) in [7, 11) is 2.63. The van der Waals surface area contributed by atoms with E-state index in [-0.39, 0.29) is 30.3 Å². The number of nitrogens with zero attached hydrogens (tertiary/aromatic N) is 5. The Morgan fingerprint density at radius 1 is 0.742 bits per heavy atom. The van der Waals surface area contributed by atoms with E-state index in [1.54, 1.807) is 0 Å². The lowest BCUT2D eigenvalue weighted by Gasteiger charge is -2.29. The maximum Gasteiger partial charge on any atom is 0.407 e. The lowest BCUT2D eigenvalue weighted by atomic mass is 9.93. The molecular formula is C49H47N7O6. The standard InChI is InChI=1S/C49H47N7O6/c1-61-44(57)26-37(31-11-5-3-6-12-31)47(58)56-22-10-16-43(56)41-24-34-23-35(28-51-46(34)53-41)30-17-19-32(20-18-30)38-27-39-40(52-38)25-36(29-50-39)42-15-9-21-55(42)48(59)45(54-49(60)62-2)33-13-7-4-8-14-33/h3-8,11-14,17-20,23,25,27-29,37,42-43,45,52H,9-10,15-16,21-22,24,26H2,1-2H3,(H,54,60)/t37-,42?,43+,45-/m1/s1. The molecule has 0 radical (unpaired) electrons. The molecule has 3 amide bonds. The fourth-order valence-electron chi connectivity index (χ4n) is 9.17. The number of rotatable bonds is 11. The van der Waals surface area contributed by atoms with Crippen LogP contribution < -0.4 is 5.32 Å². The molecule has 3 aromatic heterocycles. The monoisotopic (exact) mass is 829 g/mol. The van der Waals surface area contributed by atoms with Crippen LogP contribution in [0.3, 0.4) is 0 Å². The number of carbonyl (C=O) groups excluding carboxylic acids is 4. The number of fused-ring (bicyclic) bond motifs is 2. The van der Waals surface area contributed by atoms with Crippen molar-refractivity contribution in [2.24, 2.45) is 4.99 Å². The highest BCUT2D eigenvalue weighted by Crippen LogP contribution is 2.38. The Morgan fingerprint density at radius 3 is 2.13 bits per heavy atom. The maximum absolute atomic E-state index is 14.1. The molecule has 2 N–H and O–H groups in total. The number of esters is 1. The number of carbonyl (C=O) groups is 4. The summed E-state index contributed by atoms with van der Waals surface area (Å²) in [5.41, 5.74) is 9.94. The highest BCUT2D eigenvalue weighted by Gasteiger charge is 2.39. The molecule has 13 heteroatoms. The van der Waals surface area contributed by atoms with Gasteiger partial charge in [-0.1, -0.05) is 84.9 Å². The number of hydrogen-bond acceptors (Lipinski definition) is 9. The number of likely N-dealkylation sites (tertiary alicyclic amines) is 2. The Bertz CT molecular complexity index is 2660. The number of ether oxygens (including phenoxy) is 2.